The van der Waals surface area contributed by atoms with Crippen LogP contribution < -0.4 is 11.5 Å². The molecule has 0 heterocycles. The van der Waals surface area contributed by atoms with E-state index in [9.17, 15) is 9.59 Å². The Morgan fingerprint density at radius 1 is 1.30 bits per heavy atom. The lowest BCUT2D eigenvalue weighted by Gasteiger charge is -2.12. The molecule has 0 aromatic rings. The number of carbonyl (C=O) groups is 2. The molecular formula is C4H9N3O3. The molecule has 4 amide bonds. The van der Waals surface area contributed by atoms with E-state index in [1.165, 1.54) is 0 Å². The highest BCUT2D eigenvalue weighted by atomic mass is 16.3. The summed E-state index contributed by atoms with van der Waals surface area (Å²) in [4.78, 5) is 21.1. The van der Waals surface area contributed by atoms with Gasteiger partial charge in [0.25, 0.3) is 0 Å². The molecule has 6 heteroatoms. The number of nitrogens with zero attached hydrogens (tertiary/aromatic N) is 1. The van der Waals surface area contributed by atoms with Crippen molar-refractivity contribution >= 4 is 12.1 Å². The minimum Gasteiger partial charge on any atom is -0.395 e. The van der Waals surface area contributed by atoms with Crippen LogP contribution in [0.4, 0.5) is 9.59 Å². The Morgan fingerprint density at radius 3 is 1.80 bits per heavy atom. The first-order chi connectivity index (χ1) is 4.59. The molecule has 0 bridgehead atoms. The van der Waals surface area contributed by atoms with Crippen molar-refractivity contribution in [1.29, 1.82) is 0 Å². The number of rotatable bonds is 2. The molecule has 0 aromatic carbocycles. The minimum absolute atomic E-state index is 0.162. The van der Waals surface area contributed by atoms with E-state index >= 15 is 0 Å². The van der Waals surface area contributed by atoms with E-state index in [4.69, 9.17) is 16.6 Å². The Labute approximate surface area is 57.4 Å². The average Bonchev–Trinajstić information content (AvgIpc) is 1.81. The first-order valence-electron chi connectivity index (χ1n) is 2.57. The Hall–Kier alpha value is -1.30. The molecule has 10 heavy (non-hydrogen) atoms. The van der Waals surface area contributed by atoms with Gasteiger partial charge in [-0.3, -0.25) is 0 Å². The predicted octanol–water partition coefficient (Wildman–Crippen LogP) is -1.56. The van der Waals surface area contributed by atoms with E-state index in [2.05, 4.69) is 0 Å². The lowest BCUT2D eigenvalue weighted by molar-refractivity contribution is 0.182. The maximum atomic E-state index is 10.3. The van der Waals surface area contributed by atoms with Crippen LogP contribution in [0.3, 0.4) is 0 Å². The lowest BCUT2D eigenvalue weighted by Crippen LogP contribution is -2.45. The number of amides is 4. The average molecular weight is 147 g/mol. The van der Waals surface area contributed by atoms with Gasteiger partial charge >= 0.3 is 12.1 Å². The van der Waals surface area contributed by atoms with Gasteiger partial charge in [-0.25, -0.2) is 14.5 Å². The van der Waals surface area contributed by atoms with Crippen LogP contribution in [-0.2, 0) is 0 Å². The van der Waals surface area contributed by atoms with Gasteiger partial charge in [0.05, 0.1) is 13.2 Å². The summed E-state index contributed by atoms with van der Waals surface area (Å²) in [6, 6.07) is -1.91. The summed E-state index contributed by atoms with van der Waals surface area (Å²) in [6.07, 6.45) is 0. The maximum absolute atomic E-state index is 10.3. The third-order valence-corrected chi connectivity index (χ3v) is 0.856. The zero-order valence-corrected chi connectivity index (χ0v) is 5.28. The molecule has 6 nitrogen and oxygen atoms in total. The fourth-order valence-electron chi connectivity index (χ4n) is 0.429. The van der Waals surface area contributed by atoms with Crippen molar-refractivity contribution in [3.63, 3.8) is 0 Å². The van der Waals surface area contributed by atoms with Crippen LogP contribution in [0.15, 0.2) is 0 Å². The quantitative estimate of drug-likeness (QED) is 0.439. The van der Waals surface area contributed by atoms with E-state index in [1.807, 2.05) is 0 Å². The standard InChI is InChI=1S/C4H9N3O3/c5-3(9)7(1-2-8)4(6)10/h8H,1-2H2,(H2,5,9)(H2,6,10). The molecule has 0 unspecified atom stereocenters. The fraction of sp³-hybridized carbons (Fsp3) is 0.500. The third kappa shape index (κ3) is 2.31. The van der Waals surface area contributed by atoms with E-state index in [0.29, 0.717) is 4.90 Å². The second kappa shape index (κ2) is 3.67. The largest absolute Gasteiger partial charge is 0.395 e. The molecule has 0 aliphatic carbocycles. The smallest absolute Gasteiger partial charge is 0.322 e. The molecule has 0 rings (SSSR count). The SMILES string of the molecule is NC(=O)N(CCO)C(N)=O. The van der Waals surface area contributed by atoms with E-state index in [0.717, 1.165) is 0 Å². The number of hydrogen-bond donors (Lipinski definition) is 3. The number of carbonyl (C=O) groups excluding carboxylic acids is 2. The zero-order chi connectivity index (χ0) is 8.15. The molecule has 0 aliphatic rings. The molecule has 0 saturated heterocycles. The van der Waals surface area contributed by atoms with Crippen molar-refractivity contribution in [1.82, 2.24) is 4.90 Å². The van der Waals surface area contributed by atoms with Gasteiger partial charge in [-0.1, -0.05) is 0 Å². The van der Waals surface area contributed by atoms with Crippen LogP contribution in [0.25, 0.3) is 0 Å². The van der Waals surface area contributed by atoms with Crippen molar-refractivity contribution in [2.24, 2.45) is 11.5 Å². The summed E-state index contributed by atoms with van der Waals surface area (Å²) < 4.78 is 0. The number of aliphatic hydroxyl groups is 1. The molecule has 0 radical (unpaired) electrons. The number of hydrogen-bond acceptors (Lipinski definition) is 3. The molecule has 0 atom stereocenters. The zero-order valence-electron chi connectivity index (χ0n) is 5.28. The van der Waals surface area contributed by atoms with Crippen molar-refractivity contribution in [2.45, 2.75) is 0 Å². The molecule has 58 valence electrons. The van der Waals surface area contributed by atoms with Crippen molar-refractivity contribution in [2.75, 3.05) is 13.2 Å². The Morgan fingerprint density at radius 2 is 1.70 bits per heavy atom. The first kappa shape index (κ1) is 8.70. The molecular weight excluding hydrogens is 138 g/mol. The molecule has 0 aromatic heterocycles. The van der Waals surface area contributed by atoms with Gasteiger partial charge in [-0.15, -0.1) is 0 Å². The summed E-state index contributed by atoms with van der Waals surface area (Å²) in [5, 5.41) is 8.28. The van der Waals surface area contributed by atoms with Crippen LogP contribution in [0.5, 0.6) is 0 Å². The van der Waals surface area contributed by atoms with Crippen molar-refractivity contribution in [3.05, 3.63) is 0 Å². The second-order valence-corrected chi connectivity index (χ2v) is 1.55. The Kier molecular flexibility index (Phi) is 3.20. The normalized spacial score (nSPS) is 8.90. The van der Waals surface area contributed by atoms with Crippen molar-refractivity contribution in [3.8, 4) is 0 Å². The van der Waals surface area contributed by atoms with E-state index < -0.39 is 12.1 Å². The number of aliphatic hydroxyl groups excluding tert-OH is 1. The van der Waals surface area contributed by atoms with Gasteiger partial charge in [0.15, 0.2) is 0 Å². The second-order valence-electron chi connectivity index (χ2n) is 1.55. The summed E-state index contributed by atoms with van der Waals surface area (Å²) in [6.45, 7) is -0.503. The summed E-state index contributed by atoms with van der Waals surface area (Å²) in [5.41, 5.74) is 9.40. The molecule has 5 N–H and O–H groups in total. The van der Waals surface area contributed by atoms with Crippen LogP contribution in [0, 0.1) is 0 Å². The third-order valence-electron chi connectivity index (χ3n) is 0.856. The molecule has 0 spiro atoms. The van der Waals surface area contributed by atoms with Gasteiger partial charge in [-0.05, 0) is 0 Å². The minimum atomic E-state index is -0.957. The topological polar surface area (TPSA) is 110 Å². The molecule has 0 fully saturated rings. The van der Waals surface area contributed by atoms with Gasteiger partial charge < -0.3 is 16.6 Å². The lowest BCUT2D eigenvalue weighted by atomic mass is 10.6. The van der Waals surface area contributed by atoms with Gasteiger partial charge in [0.1, 0.15) is 0 Å². The highest BCUT2D eigenvalue weighted by Crippen LogP contribution is 1.84. The number of urea groups is 2. The maximum Gasteiger partial charge on any atom is 0.322 e. The summed E-state index contributed by atoms with van der Waals surface area (Å²) in [5.74, 6) is 0. The van der Waals surface area contributed by atoms with Gasteiger partial charge in [0.2, 0.25) is 0 Å². The van der Waals surface area contributed by atoms with Crippen LogP contribution in [-0.4, -0.2) is 35.2 Å². The van der Waals surface area contributed by atoms with Crippen LogP contribution >= 0.6 is 0 Å². The van der Waals surface area contributed by atoms with Gasteiger partial charge in [-0.2, -0.15) is 0 Å². The van der Waals surface area contributed by atoms with Crippen molar-refractivity contribution < 1.29 is 14.7 Å². The number of imide groups is 1. The molecule has 0 saturated carbocycles. The number of primary amides is 2. The van der Waals surface area contributed by atoms with E-state index in [1.54, 1.807) is 0 Å². The summed E-state index contributed by atoms with van der Waals surface area (Å²) >= 11 is 0. The molecule has 0 aliphatic heterocycles. The first-order valence-corrected chi connectivity index (χ1v) is 2.57. The van der Waals surface area contributed by atoms with E-state index in [-0.39, 0.29) is 13.2 Å². The fourth-order valence-corrected chi connectivity index (χ4v) is 0.429. The highest BCUT2D eigenvalue weighted by molar-refractivity contribution is 5.91. The highest BCUT2D eigenvalue weighted by Gasteiger charge is 2.13. The Balaban J connectivity index is 3.98. The van der Waals surface area contributed by atoms with Crippen LogP contribution in [0.2, 0.25) is 0 Å². The van der Waals surface area contributed by atoms with Gasteiger partial charge in [0, 0.05) is 0 Å². The predicted molar refractivity (Wildman–Crippen MR) is 33.0 cm³/mol. The Bertz CT molecular complexity index is 133. The monoisotopic (exact) mass is 147 g/mol. The summed E-state index contributed by atoms with van der Waals surface area (Å²) in [7, 11) is 0. The number of nitrogens with two attached hydrogens (primary N) is 2. The van der Waals surface area contributed by atoms with Crippen LogP contribution in [0.1, 0.15) is 0 Å².